The zero-order valence-electron chi connectivity index (χ0n) is 22.6. The molecule has 232 valence electrons. The minimum Gasteiger partial charge on any atom is -0.322 e. The van der Waals surface area contributed by atoms with Crippen molar-refractivity contribution in [2.75, 3.05) is 10.6 Å². The van der Waals surface area contributed by atoms with E-state index in [0.29, 0.717) is 23.8 Å². The zero-order chi connectivity index (χ0) is 33.3. The normalized spacial score (nSPS) is 11.5. The SMILES string of the molecule is Cc1cc(NC(=O)c2ccc([N+](=O)[O-])cc2)ccc1C(=O)Nc1ccc(-c2ccc([N+](=O)[O-])cc2C(F)(F)F)c(C(F)(F)F)c1. The molecule has 10 nitrogen and oxygen atoms in total. The molecule has 0 radical (unpaired) electrons. The summed E-state index contributed by atoms with van der Waals surface area (Å²) in [6, 6.07) is 12.3. The van der Waals surface area contributed by atoms with E-state index in [2.05, 4.69) is 10.6 Å². The van der Waals surface area contributed by atoms with E-state index in [9.17, 15) is 56.2 Å². The Kier molecular flexibility index (Phi) is 8.61. The first-order chi connectivity index (χ1) is 21.0. The van der Waals surface area contributed by atoms with Crippen molar-refractivity contribution in [3.63, 3.8) is 0 Å². The van der Waals surface area contributed by atoms with E-state index in [4.69, 9.17) is 0 Å². The van der Waals surface area contributed by atoms with Gasteiger partial charge in [-0.05, 0) is 72.1 Å². The summed E-state index contributed by atoms with van der Waals surface area (Å²) in [6.45, 7) is 1.48. The maximum Gasteiger partial charge on any atom is 0.417 e. The highest BCUT2D eigenvalue weighted by Crippen LogP contribution is 2.44. The number of carbonyl (C=O) groups is 2. The van der Waals surface area contributed by atoms with Crippen LogP contribution in [0.25, 0.3) is 11.1 Å². The molecule has 4 aromatic carbocycles. The number of hydrogen-bond donors (Lipinski definition) is 2. The molecule has 0 spiro atoms. The van der Waals surface area contributed by atoms with Crippen molar-refractivity contribution in [1.29, 1.82) is 0 Å². The number of carbonyl (C=O) groups excluding carboxylic acids is 2. The molecule has 0 aliphatic heterocycles. The molecule has 0 fully saturated rings. The first-order valence-corrected chi connectivity index (χ1v) is 12.5. The fourth-order valence-electron chi connectivity index (χ4n) is 4.34. The fraction of sp³-hybridized carbons (Fsp3) is 0.103. The van der Waals surface area contributed by atoms with Crippen LogP contribution in [0.3, 0.4) is 0 Å². The first-order valence-electron chi connectivity index (χ1n) is 12.5. The monoisotopic (exact) mass is 632 g/mol. The van der Waals surface area contributed by atoms with Crippen LogP contribution < -0.4 is 10.6 Å². The molecule has 16 heteroatoms. The summed E-state index contributed by atoms with van der Waals surface area (Å²) in [7, 11) is 0. The molecule has 4 aromatic rings. The highest BCUT2D eigenvalue weighted by molar-refractivity contribution is 6.07. The van der Waals surface area contributed by atoms with Gasteiger partial charge in [0.05, 0.1) is 21.0 Å². The largest absolute Gasteiger partial charge is 0.417 e. The quantitative estimate of drug-likeness (QED) is 0.120. The standard InChI is InChI=1S/C29H18F6N4O6/c1-15-12-17(36-26(40)16-2-6-19(7-3-16)38(42)43)4-9-21(15)27(41)37-18-5-10-22(24(13-18)28(30,31)32)23-11-8-20(39(44)45)14-25(23)29(33,34)35/h2-14H,1H3,(H,36,40)(H,37,41). The zero-order valence-corrected chi connectivity index (χ0v) is 22.6. The number of nitrogens with zero attached hydrogens (tertiary/aromatic N) is 2. The van der Waals surface area contributed by atoms with Crippen molar-refractivity contribution in [2.45, 2.75) is 19.3 Å². The number of anilines is 2. The van der Waals surface area contributed by atoms with Gasteiger partial charge < -0.3 is 10.6 Å². The van der Waals surface area contributed by atoms with Crippen LogP contribution >= 0.6 is 0 Å². The van der Waals surface area contributed by atoms with Gasteiger partial charge in [-0.2, -0.15) is 26.3 Å². The number of amides is 2. The van der Waals surface area contributed by atoms with Gasteiger partial charge in [-0.1, -0.05) is 6.07 Å². The Hall–Kier alpha value is -5.80. The molecule has 0 saturated heterocycles. The summed E-state index contributed by atoms with van der Waals surface area (Å²) in [6.07, 6.45) is -10.4. The summed E-state index contributed by atoms with van der Waals surface area (Å²) < 4.78 is 83.2. The van der Waals surface area contributed by atoms with E-state index >= 15 is 0 Å². The van der Waals surface area contributed by atoms with Crippen LogP contribution in [0.1, 0.15) is 37.4 Å². The number of nitro benzene ring substituents is 2. The highest BCUT2D eigenvalue weighted by atomic mass is 19.4. The molecule has 0 atom stereocenters. The lowest BCUT2D eigenvalue weighted by Gasteiger charge is -2.19. The summed E-state index contributed by atoms with van der Waals surface area (Å²) in [5.74, 6) is -1.48. The molecular weight excluding hydrogens is 614 g/mol. The van der Waals surface area contributed by atoms with Crippen LogP contribution in [0.5, 0.6) is 0 Å². The minimum atomic E-state index is -5.22. The lowest BCUT2D eigenvalue weighted by Crippen LogP contribution is -2.16. The topological polar surface area (TPSA) is 144 Å². The van der Waals surface area contributed by atoms with Gasteiger partial charge in [0.15, 0.2) is 0 Å². The van der Waals surface area contributed by atoms with Crippen LogP contribution in [0.15, 0.2) is 78.9 Å². The molecule has 2 amide bonds. The van der Waals surface area contributed by atoms with Crippen LogP contribution in [-0.4, -0.2) is 21.7 Å². The molecular formula is C29H18F6N4O6. The second-order valence-corrected chi connectivity index (χ2v) is 9.48. The lowest BCUT2D eigenvalue weighted by atomic mass is 9.93. The van der Waals surface area contributed by atoms with Crippen molar-refractivity contribution < 1.29 is 45.8 Å². The first kappa shape index (κ1) is 32.1. The predicted molar refractivity (Wildman–Crippen MR) is 149 cm³/mol. The van der Waals surface area contributed by atoms with E-state index < -0.39 is 67.6 Å². The van der Waals surface area contributed by atoms with E-state index in [-0.39, 0.29) is 28.6 Å². The molecule has 0 aromatic heterocycles. The molecule has 0 aliphatic carbocycles. The van der Waals surface area contributed by atoms with E-state index in [1.54, 1.807) is 0 Å². The molecule has 0 saturated carbocycles. The number of nitro groups is 2. The van der Waals surface area contributed by atoms with Gasteiger partial charge in [0.1, 0.15) is 0 Å². The average molecular weight is 632 g/mol. The molecule has 45 heavy (non-hydrogen) atoms. The molecule has 0 bridgehead atoms. The fourth-order valence-corrected chi connectivity index (χ4v) is 4.34. The lowest BCUT2D eigenvalue weighted by molar-refractivity contribution is -0.385. The van der Waals surface area contributed by atoms with Gasteiger partial charge in [-0.3, -0.25) is 29.8 Å². The third-order valence-corrected chi connectivity index (χ3v) is 6.46. The summed E-state index contributed by atoms with van der Waals surface area (Å²) in [5.41, 5.74) is -5.97. The molecule has 0 heterocycles. The predicted octanol–water partition coefficient (Wildman–Crippen LogP) is 8.02. The summed E-state index contributed by atoms with van der Waals surface area (Å²) in [4.78, 5) is 45.4. The average Bonchev–Trinajstić information content (AvgIpc) is 2.96. The molecule has 0 aliphatic rings. The molecule has 4 rings (SSSR count). The Labute approximate surface area is 248 Å². The number of hydrogen-bond acceptors (Lipinski definition) is 6. The number of benzene rings is 4. The van der Waals surface area contributed by atoms with Crippen LogP contribution in [-0.2, 0) is 12.4 Å². The number of nitrogens with one attached hydrogen (secondary N) is 2. The van der Waals surface area contributed by atoms with E-state index in [1.165, 1.54) is 37.3 Å². The molecule has 0 unspecified atom stereocenters. The van der Waals surface area contributed by atoms with Gasteiger partial charge >= 0.3 is 12.4 Å². The van der Waals surface area contributed by atoms with E-state index in [1.807, 2.05) is 0 Å². The minimum absolute atomic E-state index is 0.00398. The second-order valence-electron chi connectivity index (χ2n) is 9.48. The number of alkyl halides is 6. The third-order valence-electron chi connectivity index (χ3n) is 6.46. The number of rotatable bonds is 7. The number of halogens is 6. The Morgan fingerprint density at radius 1 is 0.622 bits per heavy atom. The Morgan fingerprint density at radius 2 is 1.09 bits per heavy atom. The van der Waals surface area contributed by atoms with Gasteiger partial charge in [-0.25, -0.2) is 0 Å². The Balaban J connectivity index is 1.59. The maximum atomic E-state index is 14.0. The molecule has 2 N–H and O–H groups in total. The maximum absolute atomic E-state index is 14.0. The number of non-ortho nitro benzene ring substituents is 2. The van der Waals surface area contributed by atoms with Crippen molar-refractivity contribution >= 4 is 34.6 Å². The van der Waals surface area contributed by atoms with Crippen LogP contribution in [0.2, 0.25) is 0 Å². The van der Waals surface area contributed by atoms with Crippen LogP contribution in [0, 0.1) is 27.2 Å². The third kappa shape index (κ3) is 7.23. The second kappa shape index (κ2) is 12.1. The summed E-state index contributed by atoms with van der Waals surface area (Å²) >= 11 is 0. The van der Waals surface area contributed by atoms with Gasteiger partial charge in [0.25, 0.3) is 23.2 Å². The van der Waals surface area contributed by atoms with Gasteiger partial charge in [0, 0.05) is 46.8 Å². The van der Waals surface area contributed by atoms with Crippen LogP contribution in [0.4, 0.5) is 49.1 Å². The Bertz CT molecular complexity index is 1840. The van der Waals surface area contributed by atoms with E-state index in [0.717, 1.165) is 24.3 Å². The van der Waals surface area contributed by atoms with Crippen molar-refractivity contribution in [2.24, 2.45) is 0 Å². The smallest absolute Gasteiger partial charge is 0.322 e. The highest BCUT2D eigenvalue weighted by Gasteiger charge is 2.39. The van der Waals surface area contributed by atoms with Crippen molar-refractivity contribution in [1.82, 2.24) is 0 Å². The number of aryl methyl sites for hydroxylation is 1. The van der Waals surface area contributed by atoms with Gasteiger partial charge in [0.2, 0.25) is 0 Å². The summed E-state index contributed by atoms with van der Waals surface area (Å²) in [5, 5.41) is 26.6. The Morgan fingerprint density at radius 3 is 1.62 bits per heavy atom. The van der Waals surface area contributed by atoms with Crippen molar-refractivity contribution in [3.8, 4) is 11.1 Å². The van der Waals surface area contributed by atoms with Crippen molar-refractivity contribution in [3.05, 3.63) is 127 Å². The van der Waals surface area contributed by atoms with Gasteiger partial charge in [-0.15, -0.1) is 0 Å².